The predicted molar refractivity (Wildman–Crippen MR) is 134 cm³/mol. The summed E-state index contributed by atoms with van der Waals surface area (Å²) in [5.74, 6) is -1.05. The number of hydrogen-bond donors (Lipinski definition) is 5. The number of unbranched alkanes of at least 4 members (excludes halogenated alkanes) is 3. The highest BCUT2D eigenvalue weighted by Crippen LogP contribution is 2.29. The van der Waals surface area contributed by atoms with Crippen molar-refractivity contribution in [3.63, 3.8) is 0 Å². The number of carboxylic acid groups (broad SMARTS) is 1. The third kappa shape index (κ3) is 9.20. The van der Waals surface area contributed by atoms with Gasteiger partial charge in [0.15, 0.2) is 6.10 Å². The van der Waals surface area contributed by atoms with E-state index < -0.39 is 55.2 Å². The number of benzene rings is 1. The molecule has 6 unspecified atom stereocenters. The van der Waals surface area contributed by atoms with Gasteiger partial charge in [0.1, 0.15) is 36.5 Å². The number of halogens is 1. The fraction of sp³-hybridized carbons (Fsp3) is 0.560. The van der Waals surface area contributed by atoms with Gasteiger partial charge in [-0.15, -0.1) is 12.3 Å². The van der Waals surface area contributed by atoms with E-state index >= 15 is 0 Å². The molecule has 1 aliphatic rings. The molecule has 1 aromatic rings. The maximum absolute atomic E-state index is 13.8. The van der Waals surface area contributed by atoms with Crippen LogP contribution in [-0.2, 0) is 25.8 Å². The number of carbonyl (C=O) groups excluding carboxylic acids is 2. The quantitative estimate of drug-likeness (QED) is 0.0707. The molecule has 6 atom stereocenters. The number of rotatable bonds is 15. The van der Waals surface area contributed by atoms with Crippen LogP contribution >= 0.6 is 0 Å². The van der Waals surface area contributed by atoms with Crippen LogP contribution < -0.4 is 10.1 Å². The summed E-state index contributed by atoms with van der Waals surface area (Å²) in [5, 5.41) is 45.0. The van der Waals surface area contributed by atoms with Gasteiger partial charge in [-0.2, -0.15) is 0 Å². The van der Waals surface area contributed by atoms with Crippen LogP contribution in [0.25, 0.3) is 10.4 Å². The lowest BCUT2D eigenvalue weighted by Crippen LogP contribution is -2.61. The van der Waals surface area contributed by atoms with Crippen LogP contribution in [0.4, 0.5) is 10.1 Å². The van der Waals surface area contributed by atoms with Gasteiger partial charge in [-0.1, -0.05) is 11.5 Å². The average Bonchev–Trinajstić information content (AvgIpc) is 2.91. The Balaban J connectivity index is 2.09. The van der Waals surface area contributed by atoms with E-state index in [0.29, 0.717) is 12.8 Å². The summed E-state index contributed by atoms with van der Waals surface area (Å²) in [7, 11) is 0. The molecule has 39 heavy (non-hydrogen) atoms. The Kier molecular flexibility index (Phi) is 12.6. The minimum absolute atomic E-state index is 0.120. The topological polar surface area (TPSA) is 211 Å². The first kappa shape index (κ1) is 31.5. The predicted octanol–water partition coefficient (Wildman–Crippen LogP) is 1.83. The molecular formula is C25H31FN4O9. The molecule has 0 radical (unpaired) electrons. The summed E-state index contributed by atoms with van der Waals surface area (Å²) in [6, 6.07) is 3.75. The normalized spacial score (nSPS) is 23.1. The first-order chi connectivity index (χ1) is 18.6. The number of Topliss-reactive ketones (excluding diaryl/α,β-unsaturated/α-hetero) is 1. The van der Waals surface area contributed by atoms with Crippen molar-refractivity contribution in [2.24, 2.45) is 11.0 Å². The molecule has 1 saturated heterocycles. The number of aliphatic hydroxyl groups is 3. The van der Waals surface area contributed by atoms with Crippen LogP contribution in [0.2, 0.25) is 0 Å². The molecule has 14 heteroatoms. The van der Waals surface area contributed by atoms with E-state index in [0.717, 1.165) is 12.8 Å². The summed E-state index contributed by atoms with van der Waals surface area (Å²) in [4.78, 5) is 39.1. The van der Waals surface area contributed by atoms with Gasteiger partial charge in [0.05, 0.1) is 5.92 Å². The standard InChI is InChI=1S/C25H31FN4O9/c1-2-3-4-5-6-7-17(31)11-15(13-28-30-27)23(35)29-16-8-9-18(14(10-16)12-26)38-25-21(34)19(32)20(33)22(39-25)24(36)37/h1,8-10,15,19-22,25,32-34H,3-7,11-13H2,(H,29,35)(H,36,37). The Bertz CT molecular complexity index is 1110. The third-order valence-electron chi connectivity index (χ3n) is 6.01. The van der Waals surface area contributed by atoms with Gasteiger partial charge in [-0.3, -0.25) is 9.59 Å². The van der Waals surface area contributed by atoms with E-state index in [2.05, 4.69) is 21.3 Å². The third-order valence-corrected chi connectivity index (χ3v) is 6.01. The summed E-state index contributed by atoms with van der Waals surface area (Å²) in [5.41, 5.74) is 8.66. The van der Waals surface area contributed by atoms with E-state index in [9.17, 15) is 34.1 Å². The van der Waals surface area contributed by atoms with E-state index in [1.165, 1.54) is 18.2 Å². The second-order valence-electron chi connectivity index (χ2n) is 8.92. The minimum Gasteiger partial charge on any atom is -0.479 e. The van der Waals surface area contributed by atoms with Crippen molar-refractivity contribution < 1.29 is 48.7 Å². The van der Waals surface area contributed by atoms with Crippen molar-refractivity contribution in [2.75, 3.05) is 11.9 Å². The van der Waals surface area contributed by atoms with Gasteiger partial charge < -0.3 is 35.2 Å². The van der Waals surface area contributed by atoms with Crippen LogP contribution in [-0.4, -0.2) is 75.3 Å². The van der Waals surface area contributed by atoms with E-state index in [1.54, 1.807) is 0 Å². The Hall–Kier alpha value is -3.73. The average molecular weight is 551 g/mol. The van der Waals surface area contributed by atoms with Crippen LogP contribution in [0.1, 0.15) is 44.1 Å². The number of hydrogen-bond acceptors (Lipinski definition) is 9. The molecule has 2 rings (SSSR count). The highest BCUT2D eigenvalue weighted by atomic mass is 19.1. The molecule has 0 spiro atoms. The summed E-state index contributed by atoms with van der Waals surface area (Å²) < 4.78 is 24.2. The smallest absolute Gasteiger partial charge is 0.335 e. The number of aliphatic hydroxyl groups excluding tert-OH is 3. The zero-order chi connectivity index (χ0) is 28.9. The second kappa shape index (κ2) is 15.6. The molecule has 1 heterocycles. The van der Waals surface area contributed by atoms with E-state index in [1.807, 2.05) is 0 Å². The number of terminal acetylenes is 1. The SMILES string of the molecule is C#CCCCCCC(=O)CC(CN=[N+]=[N-])C(=O)Nc1ccc(OC2OC(C(=O)O)C(O)C(O)C2O)c(CF)c1. The number of carboxylic acids is 1. The number of azide groups is 1. The van der Waals surface area contributed by atoms with Gasteiger partial charge in [0.2, 0.25) is 12.2 Å². The second-order valence-corrected chi connectivity index (χ2v) is 8.92. The van der Waals surface area contributed by atoms with Gasteiger partial charge in [0, 0.05) is 42.0 Å². The summed E-state index contributed by atoms with van der Waals surface area (Å²) in [6.45, 7) is -1.37. The van der Waals surface area contributed by atoms with Crippen LogP contribution in [0.5, 0.6) is 5.75 Å². The molecule has 13 nitrogen and oxygen atoms in total. The molecule has 1 aromatic carbocycles. The molecule has 0 aliphatic carbocycles. The first-order valence-electron chi connectivity index (χ1n) is 12.2. The lowest BCUT2D eigenvalue weighted by molar-refractivity contribution is -0.271. The van der Waals surface area contributed by atoms with Crippen molar-refractivity contribution in [1.29, 1.82) is 0 Å². The Labute approximate surface area is 223 Å². The molecule has 0 bridgehead atoms. The molecular weight excluding hydrogens is 519 g/mol. The van der Waals surface area contributed by atoms with Crippen molar-refractivity contribution in [3.8, 4) is 18.1 Å². The van der Waals surface area contributed by atoms with Crippen LogP contribution in [0.15, 0.2) is 23.3 Å². The van der Waals surface area contributed by atoms with Gasteiger partial charge >= 0.3 is 5.97 Å². The molecule has 1 amide bonds. The van der Waals surface area contributed by atoms with Gasteiger partial charge in [0.25, 0.3) is 0 Å². The largest absolute Gasteiger partial charge is 0.479 e. The molecule has 212 valence electrons. The molecule has 0 aromatic heterocycles. The Morgan fingerprint density at radius 1 is 1.21 bits per heavy atom. The highest BCUT2D eigenvalue weighted by molar-refractivity contribution is 5.95. The number of ketones is 1. The number of amides is 1. The Morgan fingerprint density at radius 2 is 1.95 bits per heavy atom. The maximum Gasteiger partial charge on any atom is 0.335 e. The molecule has 0 saturated carbocycles. The monoisotopic (exact) mass is 550 g/mol. The van der Waals surface area contributed by atoms with Crippen LogP contribution in [0.3, 0.4) is 0 Å². The number of anilines is 1. The number of alkyl halides is 1. The number of ether oxygens (including phenoxy) is 2. The molecule has 1 fully saturated rings. The number of aliphatic carboxylic acids is 1. The number of carbonyl (C=O) groups is 3. The lowest BCUT2D eigenvalue weighted by atomic mass is 9.98. The molecule has 1 aliphatic heterocycles. The van der Waals surface area contributed by atoms with Crippen molar-refractivity contribution in [3.05, 3.63) is 34.2 Å². The fourth-order valence-corrected chi connectivity index (χ4v) is 3.87. The maximum atomic E-state index is 13.8. The Morgan fingerprint density at radius 3 is 2.59 bits per heavy atom. The number of nitrogens with one attached hydrogen (secondary N) is 1. The van der Waals surface area contributed by atoms with E-state index in [-0.39, 0.29) is 42.2 Å². The van der Waals surface area contributed by atoms with Crippen LogP contribution in [0, 0.1) is 18.3 Å². The first-order valence-corrected chi connectivity index (χ1v) is 12.2. The van der Waals surface area contributed by atoms with E-state index in [4.69, 9.17) is 26.5 Å². The van der Waals surface area contributed by atoms with Gasteiger partial charge in [-0.25, -0.2) is 9.18 Å². The number of nitrogens with zero attached hydrogens (tertiary/aromatic N) is 3. The summed E-state index contributed by atoms with van der Waals surface area (Å²) in [6.07, 6.45) is -1.27. The van der Waals surface area contributed by atoms with Crippen molar-refractivity contribution in [1.82, 2.24) is 0 Å². The van der Waals surface area contributed by atoms with Crippen molar-refractivity contribution >= 4 is 23.3 Å². The highest BCUT2D eigenvalue weighted by Gasteiger charge is 2.48. The lowest BCUT2D eigenvalue weighted by Gasteiger charge is -2.38. The summed E-state index contributed by atoms with van der Waals surface area (Å²) >= 11 is 0. The zero-order valence-corrected chi connectivity index (χ0v) is 21.0. The van der Waals surface area contributed by atoms with Crippen molar-refractivity contribution in [2.45, 2.75) is 75.9 Å². The minimum atomic E-state index is -1.92. The van der Waals surface area contributed by atoms with Gasteiger partial charge in [-0.05, 0) is 36.6 Å². The molecule has 5 N–H and O–H groups in total. The fourth-order valence-electron chi connectivity index (χ4n) is 3.87. The zero-order valence-electron chi connectivity index (χ0n) is 21.0.